The van der Waals surface area contributed by atoms with Gasteiger partial charge in [-0.15, -0.1) is 6.42 Å². The van der Waals surface area contributed by atoms with E-state index in [0.29, 0.717) is 6.54 Å². The Morgan fingerprint density at radius 2 is 2.67 bits per heavy atom. The Morgan fingerprint density at radius 3 is 2.83 bits per heavy atom. The molecule has 0 aliphatic carbocycles. The van der Waals surface area contributed by atoms with Crippen molar-refractivity contribution in [3.8, 4) is 12.3 Å². The van der Waals surface area contributed by atoms with Crippen molar-refractivity contribution in [1.82, 2.24) is 4.72 Å². The summed E-state index contributed by atoms with van der Waals surface area (Å²) in [5, 5.41) is 0. The normalized spacial score (nSPS) is 7.17. The third-order valence-corrected chi connectivity index (χ3v) is 0.533. The van der Waals surface area contributed by atoms with Crippen molar-refractivity contribution in [3.05, 3.63) is 0 Å². The predicted molar refractivity (Wildman–Crippen MR) is 26.4 cm³/mol. The van der Waals surface area contributed by atoms with Crippen LogP contribution in [0.1, 0.15) is 0 Å². The minimum absolute atomic E-state index is 0.0971. The van der Waals surface area contributed by atoms with E-state index in [1.165, 1.54) is 0 Å². The van der Waals surface area contributed by atoms with Crippen LogP contribution in [-0.2, 0) is 11.9 Å². The molecule has 0 fully saturated rings. The average molecular weight is 103 g/mol. The summed E-state index contributed by atoms with van der Waals surface area (Å²) in [4.78, 5) is 0. The Kier molecular flexibility index (Phi) is 4.41. The highest BCUT2D eigenvalue weighted by atomic mass is 32.2. The monoisotopic (exact) mass is 103 g/mol. The molecule has 6 heavy (non-hydrogen) atoms. The molecule has 0 aromatic carbocycles. The van der Waals surface area contributed by atoms with Gasteiger partial charge in [0.1, 0.15) is 0 Å². The molecule has 0 aromatic rings. The van der Waals surface area contributed by atoms with Crippen LogP contribution in [0.4, 0.5) is 0 Å². The van der Waals surface area contributed by atoms with Crippen molar-refractivity contribution in [3.63, 3.8) is 0 Å². The molecule has 0 heterocycles. The maximum atomic E-state index is 9.45. The molecule has 0 aliphatic heterocycles. The Labute approximate surface area is 40.6 Å². The molecular weight excluding hydrogens is 98.1 g/mol. The standard InChI is InChI=1S/C3H5NOS/c1-2-3-4-6-5/h1,6H,3H2,(H,4,5). The molecule has 0 atom stereocenters. The molecule has 34 valence electrons. The Morgan fingerprint density at radius 1 is 2.00 bits per heavy atom. The highest BCUT2D eigenvalue weighted by Gasteiger charge is 1.64. The van der Waals surface area contributed by atoms with E-state index in [2.05, 4.69) is 10.6 Å². The largest absolute Gasteiger partial charge is 0.246 e. The molecule has 0 amide bonds. The molecule has 0 spiro atoms. The average Bonchev–Trinajstić information content (AvgIpc) is 1.61. The molecule has 3 heteroatoms. The summed E-state index contributed by atoms with van der Waals surface area (Å²) in [5.74, 6) is 2.25. The fourth-order valence-electron chi connectivity index (χ4n) is 0.0779. The van der Waals surface area contributed by atoms with Gasteiger partial charge in [-0.25, -0.2) is 8.93 Å². The van der Waals surface area contributed by atoms with Crippen molar-refractivity contribution < 1.29 is 4.21 Å². The zero-order valence-corrected chi connectivity index (χ0v) is 4.03. The van der Waals surface area contributed by atoms with Crippen LogP contribution in [0.3, 0.4) is 0 Å². The molecule has 0 saturated heterocycles. The van der Waals surface area contributed by atoms with Crippen LogP contribution in [0.25, 0.3) is 0 Å². The van der Waals surface area contributed by atoms with E-state index in [1.807, 2.05) is 0 Å². The zero-order chi connectivity index (χ0) is 4.83. The Balaban J connectivity index is 2.72. The summed E-state index contributed by atoms with van der Waals surface area (Å²) in [7, 11) is 0. The van der Waals surface area contributed by atoms with Crippen LogP contribution in [0, 0.1) is 12.3 Å². The van der Waals surface area contributed by atoms with E-state index in [0.717, 1.165) is 0 Å². The van der Waals surface area contributed by atoms with Gasteiger partial charge < -0.3 is 0 Å². The van der Waals surface area contributed by atoms with Crippen LogP contribution >= 0.6 is 0 Å². The highest BCUT2D eigenvalue weighted by Crippen LogP contribution is 1.43. The highest BCUT2D eigenvalue weighted by molar-refractivity contribution is 7.63. The molecule has 0 rings (SSSR count). The van der Waals surface area contributed by atoms with Gasteiger partial charge >= 0.3 is 0 Å². The van der Waals surface area contributed by atoms with E-state index >= 15 is 0 Å². The number of terminal acetylenes is 1. The van der Waals surface area contributed by atoms with Crippen LogP contribution < -0.4 is 4.72 Å². The van der Waals surface area contributed by atoms with Gasteiger partial charge in [0.15, 0.2) is 0 Å². The maximum absolute atomic E-state index is 9.45. The summed E-state index contributed by atoms with van der Waals surface area (Å²) in [5.41, 5.74) is 0. The Bertz CT molecular complexity index is 75.4. The van der Waals surface area contributed by atoms with Gasteiger partial charge in [-0.05, 0) is 0 Å². The Hall–Kier alpha value is -0.330. The molecule has 0 aromatic heterocycles. The quantitative estimate of drug-likeness (QED) is 0.264. The number of rotatable bonds is 2. The molecule has 2 nitrogen and oxygen atoms in total. The summed E-state index contributed by atoms with van der Waals surface area (Å²) in [6.07, 6.45) is 4.76. The van der Waals surface area contributed by atoms with Crippen LogP contribution in [0.2, 0.25) is 0 Å². The van der Waals surface area contributed by atoms with Gasteiger partial charge in [-0.1, -0.05) is 5.92 Å². The third kappa shape index (κ3) is 3.67. The molecule has 1 N–H and O–H groups in total. The number of hydrogen-bond acceptors (Lipinski definition) is 1. The van der Waals surface area contributed by atoms with E-state index in [4.69, 9.17) is 6.42 Å². The molecule has 0 unspecified atom stereocenters. The topological polar surface area (TPSA) is 29.1 Å². The second kappa shape index (κ2) is 4.67. The summed E-state index contributed by atoms with van der Waals surface area (Å²) in [6, 6.07) is 0. The van der Waals surface area contributed by atoms with Crippen LogP contribution in [0.15, 0.2) is 0 Å². The SMILES string of the molecule is C#CCN[SH]=O. The fourth-order valence-corrected chi connectivity index (χ4v) is 0.234. The minimum Gasteiger partial charge on any atom is -0.246 e. The van der Waals surface area contributed by atoms with Crippen molar-refractivity contribution in [1.29, 1.82) is 0 Å². The molecule has 0 aliphatic rings. The maximum Gasteiger partial charge on any atom is 0.0790 e. The first-order chi connectivity index (χ1) is 2.91. The van der Waals surface area contributed by atoms with Crippen LogP contribution in [-0.4, -0.2) is 10.8 Å². The zero-order valence-electron chi connectivity index (χ0n) is 3.14. The van der Waals surface area contributed by atoms with Crippen molar-refractivity contribution in [2.24, 2.45) is 0 Å². The van der Waals surface area contributed by atoms with E-state index in [-0.39, 0.29) is 11.9 Å². The molecule has 0 radical (unpaired) electrons. The van der Waals surface area contributed by atoms with Gasteiger partial charge in [-0.3, -0.25) is 0 Å². The number of nitrogens with one attached hydrogen (secondary N) is 1. The lowest BCUT2D eigenvalue weighted by atomic mass is 10.7. The molecular formula is C3H5NOS. The third-order valence-electron chi connectivity index (χ3n) is 0.246. The van der Waals surface area contributed by atoms with Gasteiger partial charge in [0.05, 0.1) is 18.4 Å². The van der Waals surface area contributed by atoms with Gasteiger partial charge in [0.25, 0.3) is 0 Å². The number of hydrogen-bond donors (Lipinski definition) is 2. The van der Waals surface area contributed by atoms with E-state index < -0.39 is 0 Å². The second-order valence-electron chi connectivity index (χ2n) is 0.630. The summed E-state index contributed by atoms with van der Waals surface area (Å²) in [6.45, 7) is 0.366. The lowest BCUT2D eigenvalue weighted by molar-refractivity contribution is 0.688. The molecule has 0 saturated carbocycles. The minimum atomic E-state index is -0.0971. The second-order valence-corrected chi connectivity index (χ2v) is 1.13. The van der Waals surface area contributed by atoms with Crippen molar-refractivity contribution in [2.75, 3.05) is 6.54 Å². The summed E-state index contributed by atoms with van der Waals surface area (Å²) >= 11 is -0.0971. The predicted octanol–water partition coefficient (Wildman–Crippen LogP) is -0.931. The van der Waals surface area contributed by atoms with E-state index in [9.17, 15) is 4.21 Å². The first-order valence-corrected chi connectivity index (χ1v) is 2.21. The van der Waals surface area contributed by atoms with Crippen molar-refractivity contribution >= 4 is 11.9 Å². The van der Waals surface area contributed by atoms with Gasteiger partial charge in [0, 0.05) is 0 Å². The van der Waals surface area contributed by atoms with E-state index in [1.54, 1.807) is 0 Å². The first-order valence-electron chi connectivity index (χ1n) is 1.40. The summed E-state index contributed by atoms with van der Waals surface area (Å²) < 4.78 is 11.8. The molecule has 0 bridgehead atoms. The van der Waals surface area contributed by atoms with Crippen molar-refractivity contribution in [2.45, 2.75) is 0 Å². The van der Waals surface area contributed by atoms with Gasteiger partial charge in [-0.2, -0.15) is 0 Å². The lowest BCUT2D eigenvalue weighted by Gasteiger charge is -1.76. The first kappa shape index (κ1) is 5.67. The smallest absolute Gasteiger partial charge is 0.0790 e. The fraction of sp³-hybridized carbons (Fsp3) is 0.333. The number of thiol groups is 1. The van der Waals surface area contributed by atoms with Crippen LogP contribution in [0.5, 0.6) is 0 Å². The van der Waals surface area contributed by atoms with Gasteiger partial charge in [0.2, 0.25) is 0 Å². The lowest BCUT2D eigenvalue weighted by Crippen LogP contribution is -2.04.